The van der Waals surface area contributed by atoms with Crippen LogP contribution in [0.1, 0.15) is 17.0 Å². The average Bonchev–Trinajstić information content (AvgIpc) is 3.07. The summed E-state index contributed by atoms with van der Waals surface area (Å²) in [6.07, 6.45) is 0.507. The van der Waals surface area contributed by atoms with Gasteiger partial charge in [-0.3, -0.25) is 4.79 Å². The van der Waals surface area contributed by atoms with E-state index in [4.69, 9.17) is 21.9 Å². The second-order valence-electron chi connectivity index (χ2n) is 6.00. The van der Waals surface area contributed by atoms with Gasteiger partial charge in [-0.2, -0.15) is 4.98 Å². The van der Waals surface area contributed by atoms with Crippen LogP contribution in [0.3, 0.4) is 0 Å². The van der Waals surface area contributed by atoms with E-state index in [-0.39, 0.29) is 5.91 Å². The molecule has 1 amide bonds. The average molecular weight is 371 g/mol. The molecule has 0 bridgehead atoms. The van der Waals surface area contributed by atoms with Crippen LogP contribution in [0.25, 0.3) is 11.4 Å². The van der Waals surface area contributed by atoms with Gasteiger partial charge in [0.05, 0.1) is 6.04 Å². The Kier molecular flexibility index (Phi) is 5.65. The van der Waals surface area contributed by atoms with Crippen molar-refractivity contribution in [3.8, 4) is 11.4 Å². The quantitative estimate of drug-likeness (QED) is 0.666. The number of nitrogens with two attached hydrogens (primary N) is 1. The molecule has 0 aliphatic carbocycles. The molecule has 3 rings (SSSR count). The minimum Gasteiger partial charge on any atom is -0.368 e. The Morgan fingerprint density at radius 3 is 2.38 bits per heavy atom. The summed E-state index contributed by atoms with van der Waals surface area (Å²) in [6.45, 7) is 2.27. The summed E-state index contributed by atoms with van der Waals surface area (Å²) in [6, 6.07) is 14.7. The van der Waals surface area contributed by atoms with Gasteiger partial charge in [-0.25, -0.2) is 0 Å². The first-order valence-corrected chi connectivity index (χ1v) is 8.56. The van der Waals surface area contributed by atoms with Gasteiger partial charge in [0.2, 0.25) is 17.6 Å². The highest BCUT2D eigenvalue weighted by atomic mass is 35.5. The number of amides is 1. The number of hydrogen-bond donors (Lipinski definition) is 2. The van der Waals surface area contributed by atoms with Gasteiger partial charge in [-0.15, -0.1) is 0 Å². The van der Waals surface area contributed by atoms with Crippen LogP contribution in [0, 0.1) is 6.92 Å². The fourth-order valence-electron chi connectivity index (χ4n) is 2.56. The van der Waals surface area contributed by atoms with E-state index >= 15 is 0 Å². The molecule has 3 aromatic rings. The van der Waals surface area contributed by atoms with Gasteiger partial charge in [-0.1, -0.05) is 53.2 Å². The minimum absolute atomic E-state index is 0.390. The molecular formula is C19H19ClN4O2. The molecule has 7 heteroatoms. The zero-order valence-electron chi connectivity index (χ0n) is 14.3. The fourth-order valence-corrected chi connectivity index (χ4v) is 2.68. The molecule has 0 spiro atoms. The summed E-state index contributed by atoms with van der Waals surface area (Å²) in [5.41, 5.74) is 8.42. The molecule has 0 saturated carbocycles. The van der Waals surface area contributed by atoms with Crippen molar-refractivity contribution >= 4 is 17.5 Å². The highest BCUT2D eigenvalue weighted by Crippen LogP contribution is 2.16. The second-order valence-corrected chi connectivity index (χ2v) is 6.44. The van der Waals surface area contributed by atoms with E-state index in [1.807, 2.05) is 36.4 Å². The molecule has 1 heterocycles. The third kappa shape index (κ3) is 4.68. The summed E-state index contributed by atoms with van der Waals surface area (Å²) in [7, 11) is 0. The van der Waals surface area contributed by atoms with Crippen molar-refractivity contribution in [2.75, 3.05) is 0 Å². The summed E-state index contributed by atoms with van der Waals surface area (Å²) < 4.78 is 4.99. The molecule has 1 unspecified atom stereocenters. The maximum atomic E-state index is 11.7. The molecule has 26 heavy (non-hydrogen) atoms. The van der Waals surface area contributed by atoms with Crippen molar-refractivity contribution in [1.82, 2.24) is 15.5 Å². The predicted octanol–water partition coefficient (Wildman–Crippen LogP) is 2.88. The number of halogens is 1. The highest BCUT2D eigenvalue weighted by Gasteiger charge is 2.15. The van der Waals surface area contributed by atoms with Crippen LogP contribution in [0.15, 0.2) is 53.1 Å². The first-order chi connectivity index (χ1) is 12.5. The van der Waals surface area contributed by atoms with Crippen LogP contribution in [-0.2, 0) is 17.8 Å². The Hall–Kier alpha value is -2.70. The number of carbonyl (C=O) groups is 1. The summed E-state index contributed by atoms with van der Waals surface area (Å²) in [5, 5.41) is 7.76. The first kappa shape index (κ1) is 18.1. The molecule has 2 aromatic carbocycles. The van der Waals surface area contributed by atoms with E-state index in [9.17, 15) is 4.79 Å². The van der Waals surface area contributed by atoms with Gasteiger partial charge >= 0.3 is 0 Å². The zero-order valence-corrected chi connectivity index (χ0v) is 15.0. The number of rotatable bonds is 7. The molecule has 1 aromatic heterocycles. The van der Waals surface area contributed by atoms with Crippen LogP contribution in [0.4, 0.5) is 0 Å². The fraction of sp³-hybridized carbons (Fsp3) is 0.211. The molecule has 134 valence electrons. The highest BCUT2D eigenvalue weighted by molar-refractivity contribution is 6.30. The second kappa shape index (κ2) is 8.12. The van der Waals surface area contributed by atoms with Gasteiger partial charge in [0.15, 0.2) is 0 Å². The number of aryl methyl sites for hydroxylation is 1. The van der Waals surface area contributed by atoms with E-state index in [1.165, 1.54) is 0 Å². The summed E-state index contributed by atoms with van der Waals surface area (Å²) in [4.78, 5) is 15.9. The van der Waals surface area contributed by atoms with Crippen molar-refractivity contribution in [2.24, 2.45) is 5.73 Å². The van der Waals surface area contributed by atoms with Crippen LogP contribution < -0.4 is 11.1 Å². The number of hydrogen-bond acceptors (Lipinski definition) is 5. The van der Waals surface area contributed by atoms with Gasteiger partial charge in [0.25, 0.3) is 0 Å². The maximum Gasteiger partial charge on any atom is 0.234 e. The number of primary amides is 1. The van der Waals surface area contributed by atoms with E-state index in [1.54, 1.807) is 19.1 Å². The van der Waals surface area contributed by atoms with E-state index in [0.29, 0.717) is 29.7 Å². The lowest BCUT2D eigenvalue weighted by Gasteiger charge is -2.16. The molecule has 0 fully saturated rings. The smallest absolute Gasteiger partial charge is 0.234 e. The minimum atomic E-state index is -0.462. The largest absolute Gasteiger partial charge is 0.368 e. The standard InChI is InChI=1S/C19H19ClN4O2/c1-12-23-19(24-26-12)15-6-2-14(3-7-15)11-22-17(18(21)25)10-13-4-8-16(20)9-5-13/h2-9,17,22H,10-11H2,1H3,(H2,21,25). The SMILES string of the molecule is Cc1nc(-c2ccc(CNC(Cc3ccc(Cl)cc3)C(N)=O)cc2)no1. The first-order valence-electron chi connectivity index (χ1n) is 8.18. The number of nitrogens with zero attached hydrogens (tertiary/aromatic N) is 2. The summed E-state index contributed by atoms with van der Waals surface area (Å²) in [5.74, 6) is 0.691. The lowest BCUT2D eigenvalue weighted by molar-refractivity contribution is -0.120. The van der Waals surface area contributed by atoms with E-state index < -0.39 is 6.04 Å². The zero-order chi connectivity index (χ0) is 18.5. The normalized spacial score (nSPS) is 12.1. The molecular weight excluding hydrogens is 352 g/mol. The molecule has 1 atom stereocenters. The van der Waals surface area contributed by atoms with Crippen molar-refractivity contribution in [3.63, 3.8) is 0 Å². The van der Waals surface area contributed by atoms with Gasteiger partial charge in [-0.05, 0) is 29.7 Å². The molecule has 0 radical (unpaired) electrons. The van der Waals surface area contributed by atoms with Crippen molar-refractivity contribution in [1.29, 1.82) is 0 Å². The number of benzene rings is 2. The third-order valence-corrected chi connectivity index (χ3v) is 4.24. The predicted molar refractivity (Wildman–Crippen MR) is 99.4 cm³/mol. The van der Waals surface area contributed by atoms with Crippen LogP contribution in [0.2, 0.25) is 5.02 Å². The molecule has 0 aliphatic heterocycles. The lowest BCUT2D eigenvalue weighted by Crippen LogP contribution is -2.42. The molecule has 6 nitrogen and oxygen atoms in total. The molecule has 0 aliphatic rings. The van der Waals surface area contributed by atoms with Crippen molar-refractivity contribution in [3.05, 3.63) is 70.6 Å². The topological polar surface area (TPSA) is 94.0 Å². The Labute approximate surface area is 156 Å². The van der Waals surface area contributed by atoms with Gasteiger partial charge in [0.1, 0.15) is 0 Å². The number of carbonyl (C=O) groups excluding carboxylic acids is 1. The van der Waals surface area contributed by atoms with Gasteiger partial charge in [0, 0.05) is 24.1 Å². The van der Waals surface area contributed by atoms with E-state index in [2.05, 4.69) is 15.5 Å². The summed E-state index contributed by atoms with van der Waals surface area (Å²) >= 11 is 5.89. The number of aromatic nitrogens is 2. The van der Waals surface area contributed by atoms with Gasteiger partial charge < -0.3 is 15.6 Å². The maximum absolute atomic E-state index is 11.7. The molecule has 3 N–H and O–H groups in total. The van der Waals surface area contributed by atoms with Crippen molar-refractivity contribution in [2.45, 2.75) is 25.9 Å². The Morgan fingerprint density at radius 1 is 1.15 bits per heavy atom. The van der Waals surface area contributed by atoms with Crippen LogP contribution in [-0.4, -0.2) is 22.1 Å². The Morgan fingerprint density at radius 2 is 1.81 bits per heavy atom. The Bertz CT molecular complexity index is 875. The Balaban J connectivity index is 1.62. The third-order valence-electron chi connectivity index (χ3n) is 3.99. The molecule has 0 saturated heterocycles. The van der Waals surface area contributed by atoms with Crippen LogP contribution in [0.5, 0.6) is 0 Å². The number of nitrogens with one attached hydrogen (secondary N) is 1. The van der Waals surface area contributed by atoms with Crippen LogP contribution >= 0.6 is 11.6 Å². The van der Waals surface area contributed by atoms with E-state index in [0.717, 1.165) is 16.7 Å². The van der Waals surface area contributed by atoms with Crippen molar-refractivity contribution < 1.29 is 9.32 Å². The lowest BCUT2D eigenvalue weighted by atomic mass is 10.0. The monoisotopic (exact) mass is 370 g/mol.